The van der Waals surface area contributed by atoms with Crippen LogP contribution in [0.15, 0.2) is 36.4 Å². The molecule has 0 atom stereocenters. The predicted octanol–water partition coefficient (Wildman–Crippen LogP) is 3.18. The summed E-state index contributed by atoms with van der Waals surface area (Å²) in [7, 11) is 1.34. The number of anilines is 1. The predicted molar refractivity (Wildman–Crippen MR) is 91.9 cm³/mol. The molecule has 1 amide bonds. The number of hydrogen-bond acceptors (Lipinski definition) is 7. The van der Waals surface area contributed by atoms with Crippen LogP contribution in [-0.2, 0) is 4.79 Å². The number of hydrogen-bond donors (Lipinski definition) is 1. The van der Waals surface area contributed by atoms with Gasteiger partial charge in [-0.2, -0.15) is 0 Å². The molecule has 2 rings (SSSR count). The minimum absolute atomic E-state index is 0.0703. The SMILES string of the molecule is COc1ccc([N+](=O)[O-])cc1NC(=O)COc1ccc(Cl)cc1[N+](=O)[O-]. The van der Waals surface area contributed by atoms with Crippen molar-refractivity contribution in [2.24, 2.45) is 0 Å². The Hall–Kier alpha value is -3.40. The molecule has 26 heavy (non-hydrogen) atoms. The zero-order valence-corrected chi connectivity index (χ0v) is 14.1. The minimum Gasteiger partial charge on any atom is -0.495 e. The molecule has 2 aromatic rings. The zero-order valence-electron chi connectivity index (χ0n) is 13.3. The number of nitro benzene ring substituents is 2. The summed E-state index contributed by atoms with van der Waals surface area (Å²) in [5.74, 6) is -0.616. The van der Waals surface area contributed by atoms with Crippen LogP contribution in [0.2, 0.25) is 5.02 Å². The first-order valence-corrected chi connectivity index (χ1v) is 7.38. The highest BCUT2D eigenvalue weighted by atomic mass is 35.5. The van der Waals surface area contributed by atoms with Crippen LogP contribution in [0, 0.1) is 20.2 Å². The van der Waals surface area contributed by atoms with Gasteiger partial charge in [0.2, 0.25) is 0 Å². The van der Waals surface area contributed by atoms with Crippen molar-refractivity contribution >= 4 is 34.6 Å². The molecule has 0 saturated heterocycles. The van der Waals surface area contributed by atoms with E-state index in [-0.39, 0.29) is 27.9 Å². The standard InChI is InChI=1S/C15H12ClN3O7/c1-25-13-5-3-10(18(21)22)7-11(13)17-15(20)8-26-14-4-2-9(16)6-12(14)19(23)24/h2-7H,8H2,1H3,(H,17,20). The van der Waals surface area contributed by atoms with Crippen LogP contribution in [0.3, 0.4) is 0 Å². The van der Waals surface area contributed by atoms with Crippen molar-refractivity contribution < 1.29 is 24.1 Å². The second-order valence-electron chi connectivity index (χ2n) is 4.85. The number of carbonyl (C=O) groups excluding carboxylic acids is 1. The van der Waals surface area contributed by atoms with Gasteiger partial charge < -0.3 is 14.8 Å². The maximum absolute atomic E-state index is 12.0. The number of benzene rings is 2. The van der Waals surface area contributed by atoms with E-state index in [0.717, 1.165) is 12.1 Å². The van der Waals surface area contributed by atoms with Gasteiger partial charge in [-0.25, -0.2) is 0 Å². The van der Waals surface area contributed by atoms with E-state index in [1.54, 1.807) is 0 Å². The number of amides is 1. The number of halogens is 1. The van der Waals surface area contributed by atoms with Gasteiger partial charge in [-0.3, -0.25) is 25.0 Å². The van der Waals surface area contributed by atoms with Gasteiger partial charge >= 0.3 is 5.69 Å². The molecule has 0 spiro atoms. The molecule has 0 heterocycles. The van der Waals surface area contributed by atoms with Crippen LogP contribution >= 0.6 is 11.6 Å². The lowest BCUT2D eigenvalue weighted by molar-refractivity contribution is -0.385. The van der Waals surface area contributed by atoms with Gasteiger partial charge in [0.15, 0.2) is 12.4 Å². The largest absolute Gasteiger partial charge is 0.495 e. The fraction of sp³-hybridized carbons (Fsp3) is 0.133. The van der Waals surface area contributed by atoms with E-state index in [1.807, 2.05) is 0 Å². The van der Waals surface area contributed by atoms with E-state index in [2.05, 4.69) is 5.32 Å². The Balaban J connectivity index is 2.12. The smallest absolute Gasteiger partial charge is 0.312 e. The van der Waals surface area contributed by atoms with Gasteiger partial charge in [-0.05, 0) is 18.2 Å². The lowest BCUT2D eigenvalue weighted by atomic mass is 10.2. The molecule has 0 aliphatic carbocycles. The Labute approximate surface area is 151 Å². The molecule has 136 valence electrons. The van der Waals surface area contributed by atoms with E-state index in [0.29, 0.717) is 0 Å². The molecule has 0 aliphatic rings. The summed E-state index contributed by atoms with van der Waals surface area (Å²) in [4.78, 5) is 32.5. The fourth-order valence-electron chi connectivity index (χ4n) is 1.99. The van der Waals surface area contributed by atoms with Gasteiger partial charge in [0, 0.05) is 23.2 Å². The number of non-ortho nitro benzene ring substituents is 1. The van der Waals surface area contributed by atoms with Crippen molar-refractivity contribution in [3.05, 3.63) is 61.6 Å². The molecule has 11 heteroatoms. The third-order valence-corrected chi connectivity index (χ3v) is 3.38. The molecule has 0 fully saturated rings. The summed E-state index contributed by atoms with van der Waals surface area (Å²) in [5, 5.41) is 24.4. The van der Waals surface area contributed by atoms with E-state index in [9.17, 15) is 25.0 Å². The van der Waals surface area contributed by atoms with Crippen molar-refractivity contribution in [2.45, 2.75) is 0 Å². The van der Waals surface area contributed by atoms with E-state index >= 15 is 0 Å². The Morgan fingerprint density at radius 1 is 1.12 bits per heavy atom. The molecular weight excluding hydrogens is 370 g/mol. The Morgan fingerprint density at radius 3 is 2.42 bits per heavy atom. The first-order valence-electron chi connectivity index (χ1n) is 7.01. The van der Waals surface area contributed by atoms with Crippen LogP contribution in [0.4, 0.5) is 17.1 Å². The fourth-order valence-corrected chi connectivity index (χ4v) is 2.16. The molecule has 10 nitrogen and oxygen atoms in total. The van der Waals surface area contributed by atoms with E-state index in [1.165, 1.54) is 31.4 Å². The molecule has 2 aromatic carbocycles. The molecule has 0 aliphatic heterocycles. The van der Waals surface area contributed by atoms with Crippen LogP contribution in [0.5, 0.6) is 11.5 Å². The molecule has 0 radical (unpaired) electrons. The maximum atomic E-state index is 12.0. The maximum Gasteiger partial charge on any atom is 0.312 e. The highest BCUT2D eigenvalue weighted by Gasteiger charge is 2.18. The summed E-state index contributed by atoms with van der Waals surface area (Å²) >= 11 is 5.70. The van der Waals surface area contributed by atoms with E-state index in [4.69, 9.17) is 21.1 Å². The number of methoxy groups -OCH3 is 1. The van der Waals surface area contributed by atoms with Crippen LogP contribution in [0.25, 0.3) is 0 Å². The van der Waals surface area contributed by atoms with Crippen LogP contribution in [0.1, 0.15) is 0 Å². The summed E-state index contributed by atoms with van der Waals surface area (Å²) in [5.41, 5.74) is -0.561. The van der Waals surface area contributed by atoms with E-state index < -0.39 is 28.0 Å². The second kappa shape index (κ2) is 8.12. The highest BCUT2D eigenvalue weighted by molar-refractivity contribution is 6.30. The average Bonchev–Trinajstić information content (AvgIpc) is 2.60. The monoisotopic (exact) mass is 381 g/mol. The molecular formula is C15H12ClN3O7. The lowest BCUT2D eigenvalue weighted by Crippen LogP contribution is -2.21. The summed E-state index contributed by atoms with van der Waals surface area (Å²) in [6.45, 7) is -0.561. The number of nitrogens with one attached hydrogen (secondary N) is 1. The van der Waals surface area contributed by atoms with Gasteiger partial charge in [-0.15, -0.1) is 0 Å². The van der Waals surface area contributed by atoms with Crippen LogP contribution in [-0.4, -0.2) is 29.5 Å². The summed E-state index contributed by atoms with van der Waals surface area (Å²) in [6.07, 6.45) is 0. The number of rotatable bonds is 7. The Bertz CT molecular complexity index is 872. The number of carbonyl (C=O) groups is 1. The van der Waals surface area contributed by atoms with Crippen molar-refractivity contribution in [1.29, 1.82) is 0 Å². The molecule has 0 aromatic heterocycles. The Morgan fingerprint density at radius 2 is 1.81 bits per heavy atom. The third kappa shape index (κ3) is 4.57. The topological polar surface area (TPSA) is 134 Å². The molecule has 1 N–H and O–H groups in total. The van der Waals surface area contributed by atoms with Gasteiger partial charge in [0.05, 0.1) is 22.6 Å². The number of ether oxygens (including phenoxy) is 2. The van der Waals surface area contributed by atoms with Gasteiger partial charge in [0.1, 0.15) is 5.75 Å². The third-order valence-electron chi connectivity index (χ3n) is 3.14. The molecule has 0 bridgehead atoms. The summed E-state index contributed by atoms with van der Waals surface area (Å²) < 4.78 is 10.2. The van der Waals surface area contributed by atoms with Gasteiger partial charge in [0.25, 0.3) is 11.6 Å². The first kappa shape index (κ1) is 18.9. The first-order chi connectivity index (χ1) is 12.3. The Kier molecular flexibility index (Phi) is 5.91. The minimum atomic E-state index is -0.692. The second-order valence-corrected chi connectivity index (χ2v) is 5.28. The quantitative estimate of drug-likeness (QED) is 0.574. The average molecular weight is 382 g/mol. The molecule has 0 unspecified atom stereocenters. The highest BCUT2D eigenvalue weighted by Crippen LogP contribution is 2.31. The van der Waals surface area contributed by atoms with Crippen molar-refractivity contribution in [3.8, 4) is 11.5 Å². The van der Waals surface area contributed by atoms with Crippen molar-refractivity contribution in [3.63, 3.8) is 0 Å². The van der Waals surface area contributed by atoms with Crippen molar-refractivity contribution in [1.82, 2.24) is 0 Å². The molecule has 0 saturated carbocycles. The number of nitro groups is 2. The van der Waals surface area contributed by atoms with Crippen molar-refractivity contribution in [2.75, 3.05) is 19.0 Å². The lowest BCUT2D eigenvalue weighted by Gasteiger charge is -2.11. The number of nitrogens with zero attached hydrogens (tertiary/aromatic N) is 2. The zero-order chi connectivity index (χ0) is 19.3. The normalized spacial score (nSPS) is 10.1. The summed E-state index contributed by atoms with van der Waals surface area (Å²) in [6, 6.07) is 7.42. The van der Waals surface area contributed by atoms with Gasteiger partial charge in [-0.1, -0.05) is 11.6 Å². The van der Waals surface area contributed by atoms with Crippen LogP contribution < -0.4 is 14.8 Å².